The molecule has 3 aromatic carbocycles. The third-order valence-corrected chi connectivity index (χ3v) is 6.89. The van der Waals surface area contributed by atoms with Crippen LogP contribution in [-0.4, -0.2) is 15.7 Å². The molecule has 0 unspecified atom stereocenters. The van der Waals surface area contributed by atoms with E-state index in [0.29, 0.717) is 29.4 Å². The molecule has 0 fully saturated rings. The Hall–Kier alpha value is -3.28. The van der Waals surface area contributed by atoms with Crippen LogP contribution in [0.3, 0.4) is 0 Å². The number of hydrogen-bond donors (Lipinski definition) is 1. The van der Waals surface area contributed by atoms with Crippen molar-refractivity contribution in [3.63, 3.8) is 0 Å². The highest BCUT2D eigenvalue weighted by Gasteiger charge is 2.16. The molecule has 35 heavy (non-hydrogen) atoms. The normalized spacial score (nSPS) is 10.9. The second-order valence-corrected chi connectivity index (χ2v) is 9.39. The van der Waals surface area contributed by atoms with Gasteiger partial charge in [0.2, 0.25) is 0 Å². The number of nitrogens with zero attached hydrogens (tertiary/aromatic N) is 2. The van der Waals surface area contributed by atoms with E-state index in [1.165, 1.54) is 0 Å². The van der Waals surface area contributed by atoms with Gasteiger partial charge in [0.1, 0.15) is 12.4 Å². The van der Waals surface area contributed by atoms with Crippen molar-refractivity contribution in [3.05, 3.63) is 110 Å². The van der Waals surface area contributed by atoms with E-state index in [1.54, 1.807) is 12.1 Å². The molecule has 180 valence electrons. The first-order chi connectivity index (χ1) is 16.7. The van der Waals surface area contributed by atoms with E-state index < -0.39 is 0 Å². The van der Waals surface area contributed by atoms with Gasteiger partial charge in [0.05, 0.1) is 23.6 Å². The largest absolute Gasteiger partial charge is 0.489 e. The fourth-order valence-electron chi connectivity index (χ4n) is 3.91. The first-order valence-corrected chi connectivity index (χ1v) is 12.1. The molecule has 0 spiro atoms. The highest BCUT2D eigenvalue weighted by atomic mass is 35.5. The summed E-state index contributed by atoms with van der Waals surface area (Å²) in [6, 6.07) is 18.9. The number of aromatic nitrogens is 2. The van der Waals surface area contributed by atoms with Crippen molar-refractivity contribution >= 4 is 34.8 Å². The van der Waals surface area contributed by atoms with Crippen molar-refractivity contribution < 1.29 is 9.53 Å². The number of aryl methyl sites for hydroxylation is 3. The SMILES string of the molecule is Cc1cc(OCc2ccc(C(=O)Nc3c(C)nn(Cc4ccccc4Cl)c3C)cc2)cc(C)c1Cl. The zero-order valence-corrected chi connectivity index (χ0v) is 21.7. The average molecular weight is 508 g/mol. The molecule has 0 bridgehead atoms. The van der Waals surface area contributed by atoms with Crippen LogP contribution >= 0.6 is 23.2 Å². The van der Waals surface area contributed by atoms with Gasteiger partial charge in [-0.2, -0.15) is 5.10 Å². The van der Waals surface area contributed by atoms with Crippen LogP contribution in [0.4, 0.5) is 5.69 Å². The van der Waals surface area contributed by atoms with Gasteiger partial charge in [-0.25, -0.2) is 0 Å². The van der Waals surface area contributed by atoms with Gasteiger partial charge in [-0.05, 0) is 80.3 Å². The number of nitrogens with one attached hydrogen (secondary N) is 1. The number of anilines is 1. The zero-order valence-electron chi connectivity index (χ0n) is 20.2. The zero-order chi connectivity index (χ0) is 25.1. The molecule has 5 nitrogen and oxygen atoms in total. The Morgan fingerprint density at radius 1 is 0.971 bits per heavy atom. The van der Waals surface area contributed by atoms with Crippen LogP contribution in [0.1, 0.15) is 44.0 Å². The van der Waals surface area contributed by atoms with E-state index in [1.807, 2.05) is 80.9 Å². The molecule has 1 amide bonds. The molecule has 4 rings (SSSR count). The average Bonchev–Trinajstić information content (AvgIpc) is 3.10. The minimum absolute atomic E-state index is 0.190. The summed E-state index contributed by atoms with van der Waals surface area (Å²) in [5.74, 6) is 0.580. The number of hydrogen-bond acceptors (Lipinski definition) is 3. The molecule has 0 aliphatic rings. The van der Waals surface area contributed by atoms with Gasteiger partial charge in [0, 0.05) is 15.6 Å². The minimum Gasteiger partial charge on any atom is -0.489 e. The molecule has 0 saturated heterocycles. The first-order valence-electron chi connectivity index (χ1n) is 11.3. The lowest BCUT2D eigenvalue weighted by Gasteiger charge is -2.11. The summed E-state index contributed by atoms with van der Waals surface area (Å²) in [5, 5.41) is 9.06. The van der Waals surface area contributed by atoms with Gasteiger partial charge in [-0.15, -0.1) is 0 Å². The van der Waals surface area contributed by atoms with E-state index in [2.05, 4.69) is 10.4 Å². The summed E-state index contributed by atoms with van der Waals surface area (Å²) >= 11 is 12.5. The Labute approximate surface area is 215 Å². The third-order valence-electron chi connectivity index (χ3n) is 5.93. The van der Waals surface area contributed by atoms with Gasteiger partial charge in [-0.3, -0.25) is 9.48 Å². The minimum atomic E-state index is -0.190. The number of carbonyl (C=O) groups is 1. The molecular weight excluding hydrogens is 481 g/mol. The maximum absolute atomic E-state index is 12.9. The predicted molar refractivity (Wildman–Crippen MR) is 142 cm³/mol. The summed E-state index contributed by atoms with van der Waals surface area (Å²) in [7, 11) is 0. The highest BCUT2D eigenvalue weighted by molar-refractivity contribution is 6.32. The van der Waals surface area contributed by atoms with Gasteiger partial charge in [0.25, 0.3) is 5.91 Å². The Kier molecular flexibility index (Phi) is 7.48. The lowest BCUT2D eigenvalue weighted by atomic mass is 10.1. The second kappa shape index (κ2) is 10.5. The Balaban J connectivity index is 1.41. The monoisotopic (exact) mass is 507 g/mol. The van der Waals surface area contributed by atoms with Crippen LogP contribution in [-0.2, 0) is 13.2 Å². The van der Waals surface area contributed by atoms with Crippen molar-refractivity contribution in [1.29, 1.82) is 0 Å². The third kappa shape index (κ3) is 5.69. The second-order valence-electron chi connectivity index (χ2n) is 8.61. The van der Waals surface area contributed by atoms with Crippen molar-refractivity contribution in [3.8, 4) is 5.75 Å². The van der Waals surface area contributed by atoms with Crippen LogP contribution in [0.25, 0.3) is 0 Å². The molecule has 4 aromatic rings. The quantitative estimate of drug-likeness (QED) is 0.285. The fraction of sp³-hybridized carbons (Fsp3) is 0.214. The molecule has 1 aromatic heterocycles. The number of benzene rings is 3. The lowest BCUT2D eigenvalue weighted by molar-refractivity contribution is 0.102. The van der Waals surface area contributed by atoms with Gasteiger partial charge < -0.3 is 10.1 Å². The maximum Gasteiger partial charge on any atom is 0.255 e. The van der Waals surface area contributed by atoms with Crippen molar-refractivity contribution in [1.82, 2.24) is 9.78 Å². The first kappa shape index (κ1) is 24.8. The number of rotatable bonds is 7. The van der Waals surface area contributed by atoms with Crippen molar-refractivity contribution in [2.24, 2.45) is 0 Å². The van der Waals surface area contributed by atoms with E-state index in [4.69, 9.17) is 27.9 Å². The molecule has 0 aliphatic carbocycles. The van der Waals surface area contributed by atoms with Gasteiger partial charge in [0.15, 0.2) is 0 Å². The summed E-state index contributed by atoms with van der Waals surface area (Å²) in [4.78, 5) is 12.9. The molecule has 1 N–H and O–H groups in total. The highest BCUT2D eigenvalue weighted by Crippen LogP contribution is 2.27. The van der Waals surface area contributed by atoms with E-state index in [0.717, 1.165) is 44.4 Å². The topological polar surface area (TPSA) is 56.1 Å². The summed E-state index contributed by atoms with van der Waals surface area (Å²) < 4.78 is 7.77. The smallest absolute Gasteiger partial charge is 0.255 e. The van der Waals surface area contributed by atoms with Crippen LogP contribution in [0.15, 0.2) is 60.7 Å². The van der Waals surface area contributed by atoms with Crippen LogP contribution in [0.2, 0.25) is 10.0 Å². The van der Waals surface area contributed by atoms with Crippen LogP contribution in [0, 0.1) is 27.7 Å². The van der Waals surface area contributed by atoms with Crippen molar-refractivity contribution in [2.75, 3.05) is 5.32 Å². The van der Waals surface area contributed by atoms with E-state index >= 15 is 0 Å². The molecule has 0 aliphatic heterocycles. The molecule has 0 atom stereocenters. The molecule has 0 radical (unpaired) electrons. The van der Waals surface area contributed by atoms with Crippen LogP contribution < -0.4 is 10.1 Å². The predicted octanol–water partition coefficient (Wildman–Crippen LogP) is 7.30. The Bertz CT molecular complexity index is 1350. The Morgan fingerprint density at radius 3 is 2.29 bits per heavy atom. The molecule has 0 saturated carbocycles. The van der Waals surface area contributed by atoms with Gasteiger partial charge in [-0.1, -0.05) is 53.5 Å². The number of carbonyl (C=O) groups excluding carboxylic acids is 1. The summed E-state index contributed by atoms with van der Waals surface area (Å²) in [6.45, 7) is 8.66. The fourth-order valence-corrected chi connectivity index (χ4v) is 4.22. The maximum atomic E-state index is 12.9. The summed E-state index contributed by atoms with van der Waals surface area (Å²) in [5.41, 5.74) is 6.79. The van der Waals surface area contributed by atoms with E-state index in [9.17, 15) is 4.79 Å². The molecule has 7 heteroatoms. The van der Waals surface area contributed by atoms with Crippen molar-refractivity contribution in [2.45, 2.75) is 40.8 Å². The standard InChI is InChI=1S/C28H27Cl2N3O2/c1-17-13-24(14-18(2)26(17)30)35-16-21-9-11-22(12-10-21)28(34)31-27-19(3)32-33(20(27)4)15-23-7-5-6-8-25(23)29/h5-14H,15-16H2,1-4H3,(H,31,34). The lowest BCUT2D eigenvalue weighted by Crippen LogP contribution is -2.13. The molecule has 1 heterocycles. The number of halogens is 2. The number of amides is 1. The van der Waals surface area contributed by atoms with Gasteiger partial charge >= 0.3 is 0 Å². The number of ether oxygens (including phenoxy) is 1. The Morgan fingerprint density at radius 2 is 1.63 bits per heavy atom. The molecular formula is C28H27Cl2N3O2. The van der Waals surface area contributed by atoms with Crippen LogP contribution in [0.5, 0.6) is 5.75 Å². The van der Waals surface area contributed by atoms with E-state index in [-0.39, 0.29) is 5.91 Å². The summed E-state index contributed by atoms with van der Waals surface area (Å²) in [6.07, 6.45) is 0.